The van der Waals surface area contributed by atoms with Crippen LogP contribution in [0.15, 0.2) is 28.9 Å². The van der Waals surface area contributed by atoms with Crippen molar-refractivity contribution in [1.29, 1.82) is 0 Å². The summed E-state index contributed by atoms with van der Waals surface area (Å²) in [5.41, 5.74) is 0.284. The van der Waals surface area contributed by atoms with Gasteiger partial charge in [-0.15, -0.1) is 0 Å². The van der Waals surface area contributed by atoms with Crippen molar-refractivity contribution >= 4 is 11.7 Å². The number of nitrogens with zero attached hydrogens (tertiary/aromatic N) is 2. The smallest absolute Gasteiger partial charge is 0.272 e. The third kappa shape index (κ3) is 4.05. The summed E-state index contributed by atoms with van der Waals surface area (Å²) in [4.78, 5) is 20.4. The number of aryl methyl sites for hydroxylation is 1. The van der Waals surface area contributed by atoms with Crippen LogP contribution in [0.25, 0.3) is 0 Å². The number of carbonyl (C=O) groups excluding carboxylic acids is 1. The molecule has 2 rings (SSSR count). The molecule has 0 aliphatic carbocycles. The number of rotatable bonds is 6. The Hall–Kier alpha value is -2.37. The fourth-order valence-electron chi connectivity index (χ4n) is 1.82. The lowest BCUT2D eigenvalue weighted by molar-refractivity contribution is 0.0929. The average Bonchev–Trinajstić information content (AvgIpc) is 2.92. The lowest BCUT2D eigenvalue weighted by atomic mass is 10.2. The molecule has 1 atom stereocenters. The predicted octanol–water partition coefficient (Wildman–Crippen LogP) is 2.69. The molecule has 0 radical (unpaired) electrons. The summed E-state index contributed by atoms with van der Waals surface area (Å²) in [5.74, 6) is 1.93. The second-order valence-corrected chi connectivity index (χ2v) is 4.86. The number of carbonyl (C=O) groups is 1. The van der Waals surface area contributed by atoms with E-state index in [0.29, 0.717) is 5.82 Å². The van der Waals surface area contributed by atoms with E-state index in [4.69, 9.17) is 4.42 Å². The topological polar surface area (TPSA) is 80.0 Å². The van der Waals surface area contributed by atoms with Gasteiger partial charge in [0.2, 0.25) is 0 Å². The summed E-state index contributed by atoms with van der Waals surface area (Å²) in [7, 11) is 0. The summed E-state index contributed by atoms with van der Waals surface area (Å²) >= 11 is 0. The maximum atomic E-state index is 12.1. The second kappa shape index (κ2) is 6.88. The minimum absolute atomic E-state index is 0.217. The van der Waals surface area contributed by atoms with Gasteiger partial charge in [0.15, 0.2) is 0 Å². The molecule has 2 heterocycles. The van der Waals surface area contributed by atoms with E-state index < -0.39 is 0 Å². The van der Waals surface area contributed by atoms with Gasteiger partial charge in [-0.1, -0.05) is 6.92 Å². The van der Waals surface area contributed by atoms with Crippen LogP contribution in [0.3, 0.4) is 0 Å². The Morgan fingerprint density at radius 3 is 2.71 bits per heavy atom. The number of nitrogens with one attached hydrogen (secondary N) is 2. The van der Waals surface area contributed by atoms with E-state index in [1.807, 2.05) is 26.0 Å². The minimum atomic E-state index is -0.272. The monoisotopic (exact) mass is 288 g/mol. The zero-order chi connectivity index (χ0) is 15.2. The molecule has 0 fully saturated rings. The van der Waals surface area contributed by atoms with E-state index in [1.54, 1.807) is 6.20 Å². The third-order valence-corrected chi connectivity index (χ3v) is 2.98. The van der Waals surface area contributed by atoms with Crippen LogP contribution in [0.1, 0.15) is 48.3 Å². The molecule has 0 aliphatic rings. The standard InChI is InChI=1S/C15H20N4O2/c1-4-7-16-14-9-17-12(8-18-14)15(20)19-11(3)13-6-5-10(2)21-13/h5-6,8-9,11H,4,7H2,1-3H3,(H,16,18)(H,19,20). The molecule has 0 saturated carbocycles. The summed E-state index contributed by atoms with van der Waals surface area (Å²) in [6, 6.07) is 3.50. The van der Waals surface area contributed by atoms with Gasteiger partial charge in [-0.25, -0.2) is 9.97 Å². The van der Waals surface area contributed by atoms with Gasteiger partial charge < -0.3 is 15.1 Å². The van der Waals surface area contributed by atoms with Crippen LogP contribution in [0.4, 0.5) is 5.82 Å². The first-order chi connectivity index (χ1) is 10.1. The van der Waals surface area contributed by atoms with Crippen molar-refractivity contribution in [3.05, 3.63) is 41.7 Å². The van der Waals surface area contributed by atoms with Crippen LogP contribution in [0, 0.1) is 6.92 Å². The zero-order valence-corrected chi connectivity index (χ0v) is 12.5. The van der Waals surface area contributed by atoms with Crippen molar-refractivity contribution in [2.45, 2.75) is 33.2 Å². The number of hydrogen-bond donors (Lipinski definition) is 2. The van der Waals surface area contributed by atoms with Crippen molar-refractivity contribution in [2.24, 2.45) is 0 Å². The zero-order valence-electron chi connectivity index (χ0n) is 12.5. The molecule has 0 aromatic carbocycles. The molecule has 112 valence electrons. The fourth-order valence-corrected chi connectivity index (χ4v) is 1.82. The minimum Gasteiger partial charge on any atom is -0.464 e. The van der Waals surface area contributed by atoms with Gasteiger partial charge in [0, 0.05) is 6.54 Å². The van der Waals surface area contributed by atoms with Gasteiger partial charge in [0.25, 0.3) is 5.91 Å². The molecule has 2 N–H and O–H groups in total. The average molecular weight is 288 g/mol. The lowest BCUT2D eigenvalue weighted by Gasteiger charge is -2.11. The normalized spacial score (nSPS) is 12.0. The highest BCUT2D eigenvalue weighted by molar-refractivity contribution is 5.92. The number of furan rings is 1. The van der Waals surface area contributed by atoms with Crippen LogP contribution >= 0.6 is 0 Å². The maximum absolute atomic E-state index is 12.1. The van der Waals surface area contributed by atoms with Crippen molar-refractivity contribution < 1.29 is 9.21 Å². The number of aromatic nitrogens is 2. The Balaban J connectivity index is 1.96. The second-order valence-electron chi connectivity index (χ2n) is 4.86. The molecule has 6 nitrogen and oxygen atoms in total. The van der Waals surface area contributed by atoms with Crippen molar-refractivity contribution in [3.8, 4) is 0 Å². The molecule has 1 amide bonds. The summed E-state index contributed by atoms with van der Waals surface area (Å²) < 4.78 is 5.48. The summed E-state index contributed by atoms with van der Waals surface area (Å²) in [6.45, 7) is 6.63. The molecule has 0 aliphatic heterocycles. The molecule has 0 spiro atoms. The van der Waals surface area contributed by atoms with Crippen molar-refractivity contribution in [3.63, 3.8) is 0 Å². The van der Waals surface area contributed by atoms with Gasteiger partial charge in [-0.3, -0.25) is 4.79 Å². The SMILES string of the molecule is CCCNc1cnc(C(=O)NC(C)c2ccc(C)o2)cn1. The van der Waals surface area contributed by atoms with Gasteiger partial charge in [0.05, 0.1) is 18.4 Å². The summed E-state index contributed by atoms with van der Waals surface area (Å²) in [6.07, 6.45) is 4.03. The number of anilines is 1. The lowest BCUT2D eigenvalue weighted by Crippen LogP contribution is -2.27. The molecule has 0 saturated heterocycles. The molecular weight excluding hydrogens is 268 g/mol. The highest BCUT2D eigenvalue weighted by Crippen LogP contribution is 2.15. The van der Waals surface area contributed by atoms with E-state index in [0.717, 1.165) is 24.5 Å². The predicted molar refractivity (Wildman–Crippen MR) is 80.1 cm³/mol. The largest absolute Gasteiger partial charge is 0.464 e. The van der Waals surface area contributed by atoms with Crippen molar-refractivity contribution in [1.82, 2.24) is 15.3 Å². The molecule has 0 bridgehead atoms. The van der Waals surface area contributed by atoms with Gasteiger partial charge in [0.1, 0.15) is 23.0 Å². The van der Waals surface area contributed by atoms with Gasteiger partial charge >= 0.3 is 0 Å². The molecule has 1 unspecified atom stereocenters. The van der Waals surface area contributed by atoms with E-state index in [-0.39, 0.29) is 17.6 Å². The maximum Gasteiger partial charge on any atom is 0.272 e. The first kappa shape index (κ1) is 15.0. The Bertz CT molecular complexity index is 592. The highest BCUT2D eigenvalue weighted by atomic mass is 16.3. The van der Waals surface area contributed by atoms with E-state index in [2.05, 4.69) is 27.5 Å². The molecule has 6 heteroatoms. The van der Waals surface area contributed by atoms with E-state index >= 15 is 0 Å². The van der Waals surface area contributed by atoms with Crippen molar-refractivity contribution in [2.75, 3.05) is 11.9 Å². The summed E-state index contributed by atoms with van der Waals surface area (Å²) in [5, 5.41) is 5.94. The van der Waals surface area contributed by atoms with E-state index in [1.165, 1.54) is 6.20 Å². The molecular formula is C15H20N4O2. The quantitative estimate of drug-likeness (QED) is 0.854. The number of hydrogen-bond acceptors (Lipinski definition) is 5. The Kier molecular flexibility index (Phi) is 4.92. The Morgan fingerprint density at radius 1 is 1.33 bits per heavy atom. The van der Waals surface area contributed by atoms with E-state index in [9.17, 15) is 4.79 Å². The van der Waals surface area contributed by atoms with Gasteiger partial charge in [-0.05, 0) is 32.4 Å². The van der Waals surface area contributed by atoms with Crippen LogP contribution in [-0.4, -0.2) is 22.4 Å². The first-order valence-electron chi connectivity index (χ1n) is 7.03. The molecule has 21 heavy (non-hydrogen) atoms. The van der Waals surface area contributed by atoms with Gasteiger partial charge in [-0.2, -0.15) is 0 Å². The Morgan fingerprint density at radius 2 is 2.14 bits per heavy atom. The highest BCUT2D eigenvalue weighted by Gasteiger charge is 2.15. The fraction of sp³-hybridized carbons (Fsp3) is 0.400. The molecule has 2 aromatic rings. The van der Waals surface area contributed by atoms with Crippen LogP contribution in [0.2, 0.25) is 0 Å². The number of amides is 1. The van der Waals surface area contributed by atoms with Crippen LogP contribution < -0.4 is 10.6 Å². The Labute approximate surface area is 124 Å². The van der Waals surface area contributed by atoms with Crippen LogP contribution in [0.5, 0.6) is 0 Å². The van der Waals surface area contributed by atoms with Crippen LogP contribution in [-0.2, 0) is 0 Å². The molecule has 2 aromatic heterocycles. The third-order valence-electron chi connectivity index (χ3n) is 2.98. The first-order valence-corrected chi connectivity index (χ1v) is 7.03.